The summed E-state index contributed by atoms with van der Waals surface area (Å²) < 4.78 is 28.8. The van der Waals surface area contributed by atoms with E-state index in [4.69, 9.17) is 5.73 Å². The van der Waals surface area contributed by atoms with E-state index in [-0.39, 0.29) is 21.8 Å². The summed E-state index contributed by atoms with van der Waals surface area (Å²) in [7, 11) is -2.27. The lowest BCUT2D eigenvalue weighted by Gasteiger charge is -2.11. The highest BCUT2D eigenvalue weighted by atomic mass is 79.9. The van der Waals surface area contributed by atoms with E-state index in [9.17, 15) is 13.2 Å². The van der Waals surface area contributed by atoms with Crippen molar-refractivity contribution in [1.29, 1.82) is 0 Å². The first-order valence-corrected chi connectivity index (χ1v) is 7.82. The molecule has 0 aliphatic rings. The van der Waals surface area contributed by atoms with Gasteiger partial charge >= 0.3 is 0 Å². The summed E-state index contributed by atoms with van der Waals surface area (Å²) in [6.45, 7) is 0. The Bertz CT molecular complexity index is 815. The number of nitrogens with zero attached hydrogens (tertiary/aromatic N) is 1. The Morgan fingerprint density at radius 2 is 1.95 bits per heavy atom. The molecule has 3 N–H and O–H groups in total. The molecule has 6 nitrogen and oxygen atoms in total. The molecule has 0 atom stereocenters. The van der Waals surface area contributed by atoms with E-state index in [0.717, 1.165) is 0 Å². The van der Waals surface area contributed by atoms with Crippen molar-refractivity contribution in [2.45, 2.75) is 4.90 Å². The van der Waals surface area contributed by atoms with Gasteiger partial charge in [-0.2, -0.15) is 0 Å². The van der Waals surface area contributed by atoms with Crippen LogP contribution >= 0.6 is 15.9 Å². The zero-order valence-corrected chi connectivity index (χ0v) is 12.9. The standard InChI is InChI=1S/C12H12BrN3O3S/c1-16-7-9(3-5-12(16)17)15-20(18,19)11-4-2-8(13)6-10(11)14/h2-7,15H,14H2,1H3. The number of benzene rings is 1. The number of pyridine rings is 1. The summed E-state index contributed by atoms with van der Waals surface area (Å²) in [5, 5.41) is 0. The van der Waals surface area contributed by atoms with Gasteiger partial charge in [-0.15, -0.1) is 0 Å². The van der Waals surface area contributed by atoms with Crippen molar-refractivity contribution in [3.8, 4) is 0 Å². The minimum atomic E-state index is -3.80. The number of aromatic nitrogens is 1. The Hall–Kier alpha value is -1.80. The van der Waals surface area contributed by atoms with Crippen LogP contribution in [-0.4, -0.2) is 13.0 Å². The van der Waals surface area contributed by atoms with Gasteiger partial charge in [0.1, 0.15) is 4.90 Å². The smallest absolute Gasteiger partial charge is 0.263 e. The highest BCUT2D eigenvalue weighted by Gasteiger charge is 2.17. The Morgan fingerprint density at radius 3 is 2.55 bits per heavy atom. The molecule has 2 aromatic rings. The van der Waals surface area contributed by atoms with Crippen molar-refractivity contribution in [2.75, 3.05) is 10.5 Å². The van der Waals surface area contributed by atoms with Gasteiger partial charge in [0.15, 0.2) is 0 Å². The SMILES string of the molecule is Cn1cc(NS(=O)(=O)c2ccc(Br)cc2N)ccc1=O. The van der Waals surface area contributed by atoms with Crippen LogP contribution in [0.2, 0.25) is 0 Å². The minimum absolute atomic E-state index is 0.0189. The van der Waals surface area contributed by atoms with Crippen LogP contribution in [-0.2, 0) is 17.1 Å². The number of nitrogen functional groups attached to an aromatic ring is 1. The fourth-order valence-electron chi connectivity index (χ4n) is 1.63. The van der Waals surface area contributed by atoms with Crippen molar-refractivity contribution in [3.63, 3.8) is 0 Å². The third-order valence-electron chi connectivity index (χ3n) is 2.60. The van der Waals surface area contributed by atoms with Gasteiger partial charge in [-0.05, 0) is 24.3 Å². The van der Waals surface area contributed by atoms with Crippen LogP contribution in [0.4, 0.5) is 11.4 Å². The molecule has 0 aliphatic carbocycles. The van der Waals surface area contributed by atoms with Crippen LogP contribution < -0.4 is 16.0 Å². The third kappa shape index (κ3) is 3.02. The van der Waals surface area contributed by atoms with E-state index in [0.29, 0.717) is 4.47 Å². The Kier molecular flexibility index (Phi) is 3.87. The first-order chi connectivity index (χ1) is 9.29. The number of nitrogens with one attached hydrogen (secondary N) is 1. The van der Waals surface area contributed by atoms with Crippen molar-refractivity contribution in [1.82, 2.24) is 4.57 Å². The van der Waals surface area contributed by atoms with Crippen molar-refractivity contribution < 1.29 is 8.42 Å². The summed E-state index contributed by atoms with van der Waals surface area (Å²) in [6, 6.07) is 7.18. The Morgan fingerprint density at radius 1 is 1.25 bits per heavy atom. The molecule has 1 aromatic heterocycles. The van der Waals surface area contributed by atoms with Crippen molar-refractivity contribution in [2.24, 2.45) is 7.05 Å². The third-order valence-corrected chi connectivity index (χ3v) is 4.55. The van der Waals surface area contributed by atoms with Gasteiger partial charge in [-0.3, -0.25) is 9.52 Å². The molecular formula is C12H12BrN3O3S. The lowest BCUT2D eigenvalue weighted by atomic mass is 10.3. The molecule has 0 saturated heterocycles. The first kappa shape index (κ1) is 14.6. The van der Waals surface area contributed by atoms with Crippen LogP contribution in [0.15, 0.2) is 50.7 Å². The second-order valence-corrected chi connectivity index (χ2v) is 6.72. The average Bonchev–Trinajstić information content (AvgIpc) is 2.33. The molecule has 0 amide bonds. The topological polar surface area (TPSA) is 94.2 Å². The number of anilines is 2. The zero-order chi connectivity index (χ0) is 14.9. The van der Waals surface area contributed by atoms with Crippen LogP contribution in [0.1, 0.15) is 0 Å². The molecule has 0 unspecified atom stereocenters. The Balaban J connectivity index is 2.40. The predicted molar refractivity (Wildman–Crippen MR) is 81.0 cm³/mol. The predicted octanol–water partition coefficient (Wildman–Crippen LogP) is 1.53. The fraction of sp³-hybridized carbons (Fsp3) is 0.0833. The number of hydrogen-bond acceptors (Lipinski definition) is 4. The van der Waals surface area contributed by atoms with Crippen molar-refractivity contribution >= 4 is 37.3 Å². The average molecular weight is 358 g/mol. The van der Waals surface area contributed by atoms with Crippen LogP contribution in [0.25, 0.3) is 0 Å². The van der Waals surface area contributed by atoms with Gasteiger partial charge in [-0.1, -0.05) is 15.9 Å². The molecular weight excluding hydrogens is 346 g/mol. The summed E-state index contributed by atoms with van der Waals surface area (Å²) in [4.78, 5) is 11.2. The fourth-order valence-corrected chi connectivity index (χ4v) is 3.16. The van der Waals surface area contributed by atoms with Crippen molar-refractivity contribution in [3.05, 3.63) is 51.4 Å². The second kappa shape index (κ2) is 5.29. The molecule has 0 radical (unpaired) electrons. The number of sulfonamides is 1. The molecule has 0 saturated carbocycles. The van der Waals surface area contributed by atoms with Gasteiger partial charge in [0.25, 0.3) is 10.0 Å². The molecule has 0 aliphatic heterocycles. The molecule has 2 rings (SSSR count). The number of nitrogens with two attached hydrogens (primary N) is 1. The van der Waals surface area contributed by atoms with Gasteiger partial charge in [0, 0.05) is 23.8 Å². The Labute approximate surface area is 124 Å². The van der Waals surface area contributed by atoms with Gasteiger partial charge in [0.05, 0.1) is 11.4 Å². The zero-order valence-electron chi connectivity index (χ0n) is 10.5. The van der Waals surface area contributed by atoms with Gasteiger partial charge in [0.2, 0.25) is 5.56 Å². The molecule has 0 fully saturated rings. The maximum absolute atomic E-state index is 12.2. The van der Waals surface area contributed by atoms with E-state index in [2.05, 4.69) is 20.7 Å². The minimum Gasteiger partial charge on any atom is -0.398 e. The molecule has 0 bridgehead atoms. The van der Waals surface area contributed by atoms with Gasteiger partial charge in [-0.25, -0.2) is 8.42 Å². The monoisotopic (exact) mass is 357 g/mol. The molecule has 20 heavy (non-hydrogen) atoms. The molecule has 106 valence electrons. The molecule has 0 spiro atoms. The second-order valence-electron chi connectivity index (χ2n) is 4.15. The maximum atomic E-state index is 12.2. The number of halogens is 1. The molecule has 1 aromatic carbocycles. The molecule has 1 heterocycles. The largest absolute Gasteiger partial charge is 0.398 e. The van der Waals surface area contributed by atoms with Crippen LogP contribution in [0.3, 0.4) is 0 Å². The highest BCUT2D eigenvalue weighted by molar-refractivity contribution is 9.10. The lowest BCUT2D eigenvalue weighted by Crippen LogP contribution is -2.19. The highest BCUT2D eigenvalue weighted by Crippen LogP contribution is 2.24. The summed E-state index contributed by atoms with van der Waals surface area (Å²) in [5.74, 6) is 0. The normalized spacial score (nSPS) is 11.3. The van der Waals surface area contributed by atoms with Crippen LogP contribution in [0.5, 0.6) is 0 Å². The number of aryl methyl sites for hydroxylation is 1. The first-order valence-electron chi connectivity index (χ1n) is 5.54. The van der Waals surface area contributed by atoms with Crippen LogP contribution in [0, 0.1) is 0 Å². The van der Waals surface area contributed by atoms with E-state index in [1.807, 2.05) is 0 Å². The summed E-state index contributed by atoms with van der Waals surface area (Å²) in [6.07, 6.45) is 1.40. The summed E-state index contributed by atoms with van der Waals surface area (Å²) >= 11 is 3.21. The van der Waals surface area contributed by atoms with E-state index in [1.165, 1.54) is 42.1 Å². The number of hydrogen-bond donors (Lipinski definition) is 2. The quantitative estimate of drug-likeness (QED) is 0.814. The molecule has 8 heteroatoms. The summed E-state index contributed by atoms with van der Waals surface area (Å²) in [5.41, 5.74) is 5.91. The lowest BCUT2D eigenvalue weighted by molar-refractivity contribution is 0.601. The van der Waals surface area contributed by atoms with E-state index < -0.39 is 10.0 Å². The maximum Gasteiger partial charge on any atom is 0.263 e. The van der Waals surface area contributed by atoms with Gasteiger partial charge < -0.3 is 10.3 Å². The van der Waals surface area contributed by atoms with E-state index >= 15 is 0 Å². The number of rotatable bonds is 3. The van der Waals surface area contributed by atoms with E-state index in [1.54, 1.807) is 6.07 Å².